The Hall–Kier alpha value is -2.73. The SMILES string of the molecule is Cc1cccc(-c2nc([C@@H]3CC(=O)N(c4ccc(F)c(Cl)c4)C3)no2)c1. The van der Waals surface area contributed by atoms with Gasteiger partial charge in [0.25, 0.3) is 5.89 Å². The van der Waals surface area contributed by atoms with Crippen LogP contribution in [0.3, 0.4) is 0 Å². The van der Waals surface area contributed by atoms with Gasteiger partial charge in [-0.3, -0.25) is 4.79 Å². The average Bonchev–Trinajstić information content (AvgIpc) is 3.24. The maximum Gasteiger partial charge on any atom is 0.257 e. The number of hydrogen-bond donors (Lipinski definition) is 0. The second kappa shape index (κ2) is 6.53. The molecule has 0 N–H and O–H groups in total. The summed E-state index contributed by atoms with van der Waals surface area (Å²) >= 11 is 5.82. The number of aromatic nitrogens is 2. The molecule has 26 heavy (non-hydrogen) atoms. The molecule has 1 saturated heterocycles. The molecule has 0 bridgehead atoms. The van der Waals surface area contributed by atoms with Crippen molar-refractivity contribution in [3.8, 4) is 11.5 Å². The second-order valence-electron chi connectivity index (χ2n) is 6.33. The molecule has 0 aliphatic carbocycles. The highest BCUT2D eigenvalue weighted by Gasteiger charge is 2.34. The number of hydrogen-bond acceptors (Lipinski definition) is 4. The van der Waals surface area contributed by atoms with Gasteiger partial charge in [-0.2, -0.15) is 4.98 Å². The van der Waals surface area contributed by atoms with Crippen LogP contribution in [0.15, 0.2) is 47.0 Å². The highest BCUT2D eigenvalue weighted by atomic mass is 35.5. The molecule has 0 saturated carbocycles. The van der Waals surface area contributed by atoms with E-state index < -0.39 is 5.82 Å². The smallest absolute Gasteiger partial charge is 0.257 e. The molecule has 132 valence electrons. The molecule has 1 atom stereocenters. The Morgan fingerprint density at radius 1 is 1.27 bits per heavy atom. The minimum Gasteiger partial charge on any atom is -0.334 e. The third-order valence-corrected chi connectivity index (χ3v) is 4.70. The van der Waals surface area contributed by atoms with E-state index in [-0.39, 0.29) is 23.3 Å². The predicted molar refractivity (Wildman–Crippen MR) is 95.6 cm³/mol. The Balaban J connectivity index is 1.56. The lowest BCUT2D eigenvalue weighted by Gasteiger charge is -2.16. The van der Waals surface area contributed by atoms with Gasteiger partial charge in [-0.1, -0.05) is 34.5 Å². The van der Waals surface area contributed by atoms with E-state index in [9.17, 15) is 9.18 Å². The van der Waals surface area contributed by atoms with Gasteiger partial charge in [-0.25, -0.2) is 4.39 Å². The van der Waals surface area contributed by atoms with Crippen LogP contribution in [0.4, 0.5) is 10.1 Å². The molecular formula is C19H15ClFN3O2. The van der Waals surface area contributed by atoms with Gasteiger partial charge in [0.2, 0.25) is 5.91 Å². The number of carbonyl (C=O) groups excluding carboxylic acids is 1. The van der Waals surface area contributed by atoms with Gasteiger partial charge in [0, 0.05) is 30.1 Å². The molecule has 1 aliphatic heterocycles. The maximum atomic E-state index is 13.3. The number of aryl methyl sites for hydroxylation is 1. The Kier molecular flexibility index (Phi) is 4.20. The summed E-state index contributed by atoms with van der Waals surface area (Å²) in [6.07, 6.45) is 0.266. The molecule has 7 heteroatoms. The predicted octanol–water partition coefficient (Wildman–Crippen LogP) is 4.36. The Morgan fingerprint density at radius 3 is 2.88 bits per heavy atom. The molecule has 5 nitrogen and oxygen atoms in total. The highest BCUT2D eigenvalue weighted by Crippen LogP contribution is 2.33. The van der Waals surface area contributed by atoms with Crippen LogP contribution in [0.5, 0.6) is 0 Å². The standard InChI is InChI=1S/C19H15ClFN3O2/c1-11-3-2-4-12(7-11)19-22-18(23-26-19)13-8-17(25)24(10-13)14-5-6-16(21)15(20)9-14/h2-7,9,13H,8,10H2,1H3/t13-/m1/s1. The summed E-state index contributed by atoms with van der Waals surface area (Å²) in [6.45, 7) is 2.38. The summed E-state index contributed by atoms with van der Waals surface area (Å²) in [5.74, 6) is 0.137. The third-order valence-electron chi connectivity index (χ3n) is 4.41. The molecule has 0 spiro atoms. The van der Waals surface area contributed by atoms with Crippen LogP contribution in [0, 0.1) is 12.7 Å². The van der Waals surface area contributed by atoms with Gasteiger partial charge in [0.15, 0.2) is 5.82 Å². The number of anilines is 1. The van der Waals surface area contributed by atoms with Crippen LogP contribution in [-0.2, 0) is 4.79 Å². The van der Waals surface area contributed by atoms with Gasteiger partial charge in [-0.05, 0) is 37.3 Å². The fraction of sp³-hybridized carbons (Fsp3) is 0.211. The molecule has 3 aromatic rings. The molecule has 2 aromatic carbocycles. The summed E-state index contributed by atoms with van der Waals surface area (Å²) < 4.78 is 18.7. The third kappa shape index (κ3) is 3.08. The molecule has 2 heterocycles. The van der Waals surface area contributed by atoms with Crippen molar-refractivity contribution < 1.29 is 13.7 Å². The van der Waals surface area contributed by atoms with E-state index >= 15 is 0 Å². The number of rotatable bonds is 3. The molecule has 1 aliphatic rings. The van der Waals surface area contributed by atoms with Crippen LogP contribution in [0.25, 0.3) is 11.5 Å². The molecule has 0 radical (unpaired) electrons. The van der Waals surface area contributed by atoms with Crippen LogP contribution in [-0.4, -0.2) is 22.6 Å². The van der Waals surface area contributed by atoms with Crippen LogP contribution in [0.1, 0.15) is 23.7 Å². The first-order valence-corrected chi connectivity index (χ1v) is 8.55. The van der Waals surface area contributed by atoms with Gasteiger partial charge >= 0.3 is 0 Å². The zero-order valence-electron chi connectivity index (χ0n) is 13.9. The van der Waals surface area contributed by atoms with Crippen molar-refractivity contribution >= 4 is 23.2 Å². The van der Waals surface area contributed by atoms with E-state index in [1.54, 1.807) is 4.90 Å². The lowest BCUT2D eigenvalue weighted by Crippen LogP contribution is -2.24. The van der Waals surface area contributed by atoms with E-state index in [4.69, 9.17) is 16.1 Å². The van der Waals surface area contributed by atoms with Crippen molar-refractivity contribution in [3.05, 3.63) is 64.7 Å². The van der Waals surface area contributed by atoms with Crippen LogP contribution < -0.4 is 4.90 Å². The van der Waals surface area contributed by atoms with Gasteiger partial charge < -0.3 is 9.42 Å². The first-order chi connectivity index (χ1) is 12.5. The number of halogens is 2. The minimum absolute atomic E-state index is 0.0138. The first kappa shape index (κ1) is 16.7. The summed E-state index contributed by atoms with van der Waals surface area (Å²) in [6, 6.07) is 12.0. The molecule has 4 rings (SSSR count). The number of nitrogens with zero attached hydrogens (tertiary/aromatic N) is 3. The monoisotopic (exact) mass is 371 g/mol. The molecular weight excluding hydrogens is 357 g/mol. The molecule has 0 unspecified atom stereocenters. The zero-order valence-corrected chi connectivity index (χ0v) is 14.7. The van der Waals surface area contributed by atoms with Crippen molar-refractivity contribution in [3.63, 3.8) is 0 Å². The van der Waals surface area contributed by atoms with Gasteiger partial charge in [-0.15, -0.1) is 0 Å². The number of benzene rings is 2. The van der Waals surface area contributed by atoms with Crippen molar-refractivity contribution in [2.45, 2.75) is 19.3 Å². The molecule has 1 aromatic heterocycles. The van der Waals surface area contributed by atoms with Crippen molar-refractivity contribution in [2.24, 2.45) is 0 Å². The Labute approximate surface area is 154 Å². The quantitative estimate of drug-likeness (QED) is 0.686. The fourth-order valence-electron chi connectivity index (χ4n) is 3.08. The largest absolute Gasteiger partial charge is 0.334 e. The van der Waals surface area contributed by atoms with Gasteiger partial charge in [0.1, 0.15) is 5.82 Å². The summed E-state index contributed by atoms with van der Waals surface area (Å²) in [5, 5.41) is 4.03. The Morgan fingerprint density at radius 2 is 2.12 bits per heavy atom. The summed E-state index contributed by atoms with van der Waals surface area (Å²) in [7, 11) is 0. The van der Waals surface area contributed by atoms with E-state index in [0.29, 0.717) is 23.9 Å². The molecule has 1 fully saturated rings. The van der Waals surface area contributed by atoms with Crippen LogP contribution in [0.2, 0.25) is 5.02 Å². The summed E-state index contributed by atoms with van der Waals surface area (Å²) in [5.41, 5.74) is 2.50. The topological polar surface area (TPSA) is 59.2 Å². The average molecular weight is 372 g/mol. The highest BCUT2D eigenvalue weighted by molar-refractivity contribution is 6.31. The van der Waals surface area contributed by atoms with Crippen molar-refractivity contribution in [1.82, 2.24) is 10.1 Å². The van der Waals surface area contributed by atoms with Crippen molar-refractivity contribution in [2.75, 3.05) is 11.4 Å². The van der Waals surface area contributed by atoms with Crippen LogP contribution >= 0.6 is 11.6 Å². The fourth-order valence-corrected chi connectivity index (χ4v) is 3.25. The Bertz CT molecular complexity index is 988. The van der Waals surface area contributed by atoms with Gasteiger partial charge in [0.05, 0.1) is 5.02 Å². The van der Waals surface area contributed by atoms with Crippen molar-refractivity contribution in [1.29, 1.82) is 0 Å². The lowest BCUT2D eigenvalue weighted by atomic mass is 10.1. The second-order valence-corrected chi connectivity index (χ2v) is 6.74. The van der Waals surface area contributed by atoms with E-state index in [2.05, 4.69) is 10.1 Å². The first-order valence-electron chi connectivity index (χ1n) is 8.17. The summed E-state index contributed by atoms with van der Waals surface area (Å²) in [4.78, 5) is 18.4. The maximum absolute atomic E-state index is 13.3. The zero-order chi connectivity index (χ0) is 18.3. The van der Waals surface area contributed by atoms with E-state index in [0.717, 1.165) is 11.1 Å². The number of amides is 1. The lowest BCUT2D eigenvalue weighted by molar-refractivity contribution is -0.117. The van der Waals surface area contributed by atoms with E-state index in [1.165, 1.54) is 18.2 Å². The number of carbonyl (C=O) groups is 1. The normalized spacial score (nSPS) is 17.1. The minimum atomic E-state index is -0.514. The molecule has 1 amide bonds. The van der Waals surface area contributed by atoms with E-state index in [1.807, 2.05) is 31.2 Å².